The highest BCUT2D eigenvalue weighted by Gasteiger charge is 2.58. The van der Waals surface area contributed by atoms with Gasteiger partial charge in [0.05, 0.1) is 5.69 Å². The summed E-state index contributed by atoms with van der Waals surface area (Å²) >= 11 is 5.72. The molecule has 0 radical (unpaired) electrons. The van der Waals surface area contributed by atoms with Gasteiger partial charge in [-0.25, -0.2) is 18.6 Å². The van der Waals surface area contributed by atoms with E-state index < -0.39 is 17.7 Å². The van der Waals surface area contributed by atoms with Gasteiger partial charge in [0.2, 0.25) is 5.88 Å². The highest BCUT2D eigenvalue weighted by Crippen LogP contribution is 2.58. The zero-order valence-corrected chi connectivity index (χ0v) is 14.3. The smallest absolute Gasteiger partial charge is 0.407 e. The Morgan fingerprint density at radius 2 is 1.96 bits per heavy atom. The molecule has 1 amide bonds. The molecular weight excluding hydrogens is 366 g/mol. The fourth-order valence-corrected chi connectivity index (χ4v) is 3.79. The van der Waals surface area contributed by atoms with Gasteiger partial charge < -0.3 is 14.7 Å². The minimum absolute atomic E-state index is 0.0502. The van der Waals surface area contributed by atoms with Gasteiger partial charge in [-0.2, -0.15) is 0 Å². The van der Waals surface area contributed by atoms with Crippen LogP contribution in [0, 0.1) is 23.5 Å². The Kier molecular flexibility index (Phi) is 4.19. The summed E-state index contributed by atoms with van der Waals surface area (Å²) < 4.78 is 33.5. The first-order valence-corrected chi connectivity index (χ1v) is 8.53. The maximum Gasteiger partial charge on any atom is 0.407 e. The molecule has 2 aliphatic rings. The van der Waals surface area contributed by atoms with Crippen molar-refractivity contribution >= 4 is 17.7 Å². The number of fused-ring (bicyclic) bond motifs is 1. The van der Waals surface area contributed by atoms with Gasteiger partial charge in [0.15, 0.2) is 0 Å². The lowest BCUT2D eigenvalue weighted by atomic mass is 10.1. The average Bonchev–Trinajstić information content (AvgIpc) is 3.07. The third-order valence-electron chi connectivity index (χ3n) is 5.02. The summed E-state index contributed by atoms with van der Waals surface area (Å²) in [5.74, 6) is -0.618. The summed E-state index contributed by atoms with van der Waals surface area (Å²) in [5.41, 5.74) is 0.613. The van der Waals surface area contributed by atoms with E-state index in [9.17, 15) is 13.6 Å². The molecule has 0 bridgehead atoms. The molecule has 26 heavy (non-hydrogen) atoms. The molecular formula is C18H15ClF2N2O3. The second kappa shape index (κ2) is 6.39. The van der Waals surface area contributed by atoms with Gasteiger partial charge in [-0.15, -0.1) is 0 Å². The maximum absolute atomic E-state index is 14.2. The number of nitrogens with zero attached hydrogens (tertiary/aromatic N) is 2. The Hall–Kier alpha value is -2.41. The number of carbonyl (C=O) groups is 1. The van der Waals surface area contributed by atoms with Crippen LogP contribution in [-0.4, -0.2) is 34.2 Å². The predicted octanol–water partition coefficient (Wildman–Crippen LogP) is 3.92. The number of carboxylic acid groups (broad SMARTS) is 1. The molecule has 1 saturated heterocycles. The quantitative estimate of drug-likeness (QED) is 0.873. The fraction of sp³-hybridized carbons (Fsp3) is 0.333. The molecule has 136 valence electrons. The minimum atomic E-state index is -0.952. The fourth-order valence-electron chi connectivity index (χ4n) is 3.63. The summed E-state index contributed by atoms with van der Waals surface area (Å²) in [6.45, 7) is 0.741. The molecule has 1 N–H and O–H groups in total. The van der Waals surface area contributed by atoms with Crippen LogP contribution in [0.15, 0.2) is 30.3 Å². The van der Waals surface area contributed by atoms with Gasteiger partial charge >= 0.3 is 6.09 Å². The van der Waals surface area contributed by atoms with Gasteiger partial charge in [-0.1, -0.05) is 17.7 Å². The zero-order valence-electron chi connectivity index (χ0n) is 13.5. The third kappa shape index (κ3) is 3.07. The Bertz CT molecular complexity index is 868. The summed E-state index contributed by atoms with van der Waals surface area (Å²) in [6, 6.07) is 6.96. The largest absolute Gasteiger partial charge is 0.473 e. The number of hydrogen-bond acceptors (Lipinski definition) is 3. The van der Waals surface area contributed by atoms with Crippen LogP contribution >= 0.6 is 11.6 Å². The van der Waals surface area contributed by atoms with E-state index in [1.54, 1.807) is 6.07 Å². The van der Waals surface area contributed by atoms with E-state index in [-0.39, 0.29) is 30.2 Å². The topological polar surface area (TPSA) is 62.7 Å². The first-order valence-electron chi connectivity index (χ1n) is 8.15. The van der Waals surface area contributed by atoms with E-state index in [0.717, 1.165) is 0 Å². The second-order valence-corrected chi connectivity index (χ2v) is 7.02. The molecule has 2 heterocycles. The van der Waals surface area contributed by atoms with Crippen LogP contribution in [0.2, 0.25) is 5.02 Å². The molecule has 4 rings (SSSR count). The first kappa shape index (κ1) is 17.0. The normalized spacial score (nSPS) is 23.7. The average molecular weight is 381 g/mol. The Morgan fingerprint density at radius 1 is 1.23 bits per heavy atom. The second-order valence-electron chi connectivity index (χ2n) is 6.58. The number of aromatic nitrogens is 1. The van der Waals surface area contributed by atoms with Crippen molar-refractivity contribution in [3.05, 3.63) is 58.2 Å². The minimum Gasteiger partial charge on any atom is -0.473 e. The third-order valence-corrected chi connectivity index (χ3v) is 5.25. The van der Waals surface area contributed by atoms with E-state index >= 15 is 0 Å². The van der Waals surface area contributed by atoms with E-state index in [4.69, 9.17) is 21.4 Å². The molecule has 1 saturated carbocycles. The number of rotatable bonds is 4. The van der Waals surface area contributed by atoms with Crippen LogP contribution in [-0.2, 0) is 6.61 Å². The van der Waals surface area contributed by atoms with Crippen LogP contribution < -0.4 is 4.74 Å². The van der Waals surface area contributed by atoms with Crippen molar-refractivity contribution in [2.24, 2.45) is 11.8 Å². The van der Waals surface area contributed by atoms with Crippen molar-refractivity contribution in [3.8, 4) is 5.88 Å². The van der Waals surface area contributed by atoms with Crippen molar-refractivity contribution in [1.82, 2.24) is 9.88 Å². The number of amides is 1. The van der Waals surface area contributed by atoms with Crippen LogP contribution in [0.1, 0.15) is 17.2 Å². The van der Waals surface area contributed by atoms with Crippen LogP contribution in [0.3, 0.4) is 0 Å². The Balaban J connectivity index is 1.45. The van der Waals surface area contributed by atoms with Crippen molar-refractivity contribution in [3.63, 3.8) is 0 Å². The summed E-state index contributed by atoms with van der Waals surface area (Å²) in [5, 5.41) is 9.30. The highest BCUT2D eigenvalue weighted by molar-refractivity contribution is 6.30. The van der Waals surface area contributed by atoms with Crippen LogP contribution in [0.25, 0.3) is 0 Å². The monoisotopic (exact) mass is 380 g/mol. The van der Waals surface area contributed by atoms with Gasteiger partial charge in [0.25, 0.3) is 0 Å². The predicted molar refractivity (Wildman–Crippen MR) is 89.3 cm³/mol. The van der Waals surface area contributed by atoms with Crippen LogP contribution in [0.4, 0.5) is 13.6 Å². The molecule has 1 aromatic heterocycles. The van der Waals surface area contributed by atoms with Gasteiger partial charge in [0.1, 0.15) is 18.2 Å². The maximum atomic E-state index is 14.2. The lowest BCUT2D eigenvalue weighted by molar-refractivity contribution is 0.149. The number of benzene rings is 1. The molecule has 3 atom stereocenters. The molecule has 1 aliphatic heterocycles. The van der Waals surface area contributed by atoms with E-state index in [1.807, 2.05) is 0 Å². The number of hydrogen-bond donors (Lipinski definition) is 1. The molecule has 1 unspecified atom stereocenters. The molecule has 5 nitrogen and oxygen atoms in total. The molecule has 2 fully saturated rings. The van der Waals surface area contributed by atoms with Crippen molar-refractivity contribution in [1.29, 1.82) is 0 Å². The van der Waals surface area contributed by atoms with Gasteiger partial charge in [-0.3, -0.25) is 0 Å². The van der Waals surface area contributed by atoms with Gasteiger partial charge in [0, 0.05) is 35.7 Å². The summed E-state index contributed by atoms with van der Waals surface area (Å²) in [6.07, 6.45) is -0.952. The number of ether oxygens (including phenoxy) is 1. The summed E-state index contributed by atoms with van der Waals surface area (Å²) in [7, 11) is 0. The Labute approximate surface area is 153 Å². The lowest BCUT2D eigenvalue weighted by Crippen LogP contribution is -2.29. The van der Waals surface area contributed by atoms with E-state index in [0.29, 0.717) is 29.4 Å². The lowest BCUT2D eigenvalue weighted by Gasteiger charge is -2.16. The molecule has 8 heteroatoms. The summed E-state index contributed by atoms with van der Waals surface area (Å²) in [4.78, 5) is 16.6. The molecule has 1 aliphatic carbocycles. The number of halogens is 3. The standard InChI is InChI=1S/C18H15ClF2N2O3/c19-10-2-1-9(14(21)5-10)8-26-15-4-3-13(20)17(22-15)16-11-6-23(18(24)25)7-12(11)16/h1-5,11-12,16H,6-8H2,(H,24,25)/t11-,12+,16?. The zero-order chi connectivity index (χ0) is 18.4. The van der Waals surface area contributed by atoms with Gasteiger partial charge in [-0.05, 0) is 30.0 Å². The number of likely N-dealkylation sites (tertiary alicyclic amines) is 1. The van der Waals surface area contributed by atoms with E-state index in [2.05, 4.69) is 4.98 Å². The first-order chi connectivity index (χ1) is 12.4. The van der Waals surface area contributed by atoms with Crippen molar-refractivity contribution in [2.75, 3.05) is 13.1 Å². The SMILES string of the molecule is O=C(O)N1C[C@@H]2C(c3nc(OCc4ccc(Cl)cc4F)ccc3F)[C@@H]2C1. The number of pyridine rings is 1. The number of piperidine rings is 1. The molecule has 2 aromatic rings. The van der Waals surface area contributed by atoms with E-state index in [1.165, 1.54) is 29.2 Å². The van der Waals surface area contributed by atoms with Crippen LogP contribution in [0.5, 0.6) is 5.88 Å². The molecule has 1 aromatic carbocycles. The Morgan fingerprint density at radius 3 is 2.62 bits per heavy atom. The highest BCUT2D eigenvalue weighted by atomic mass is 35.5. The van der Waals surface area contributed by atoms with Crippen molar-refractivity contribution in [2.45, 2.75) is 12.5 Å². The van der Waals surface area contributed by atoms with Crippen molar-refractivity contribution < 1.29 is 23.4 Å². The molecule has 0 spiro atoms.